The first kappa shape index (κ1) is 20.8. The Morgan fingerprint density at radius 2 is 1.70 bits per heavy atom. The molecule has 0 fully saturated rings. The number of fused-ring (bicyclic) bond motifs is 1. The Balaban J connectivity index is 2.07. The van der Waals surface area contributed by atoms with E-state index in [1.165, 1.54) is 15.9 Å². The van der Waals surface area contributed by atoms with Crippen LogP contribution in [-0.2, 0) is 0 Å². The lowest BCUT2D eigenvalue weighted by Gasteiger charge is -2.22. The van der Waals surface area contributed by atoms with Gasteiger partial charge in [0.2, 0.25) is 0 Å². The van der Waals surface area contributed by atoms with Gasteiger partial charge in [0, 0.05) is 7.14 Å². The highest BCUT2D eigenvalue weighted by molar-refractivity contribution is 14.1. The van der Waals surface area contributed by atoms with E-state index in [2.05, 4.69) is 57.3 Å². The van der Waals surface area contributed by atoms with Gasteiger partial charge in [0.1, 0.15) is 10.5 Å². The lowest BCUT2D eigenvalue weighted by atomic mass is 9.84. The van der Waals surface area contributed by atoms with E-state index in [-0.39, 0.29) is 17.0 Å². The molecule has 0 bridgehead atoms. The van der Waals surface area contributed by atoms with Crippen molar-refractivity contribution < 1.29 is 0 Å². The van der Waals surface area contributed by atoms with Crippen molar-refractivity contribution in [2.45, 2.75) is 5.92 Å². The molecule has 0 unspecified atom stereocenters. The molecular formula is C22H12I2N4OS. The molecule has 0 saturated heterocycles. The fourth-order valence-corrected chi connectivity index (χ4v) is 5.68. The van der Waals surface area contributed by atoms with Crippen LogP contribution in [0.15, 0.2) is 58.9 Å². The topological polar surface area (TPSA) is 95.6 Å². The molecule has 0 amide bonds. The summed E-state index contributed by atoms with van der Waals surface area (Å²) in [6.45, 7) is 0. The maximum Gasteiger partial charge on any atom is 0.274 e. The molecule has 2 N–H and O–H groups in total. The predicted molar refractivity (Wildman–Crippen MR) is 134 cm³/mol. The highest BCUT2D eigenvalue weighted by Gasteiger charge is 2.32. The van der Waals surface area contributed by atoms with Crippen molar-refractivity contribution in [1.82, 2.24) is 4.57 Å². The van der Waals surface area contributed by atoms with E-state index in [1.54, 1.807) is 6.08 Å². The summed E-state index contributed by atoms with van der Waals surface area (Å²) in [5.41, 5.74) is 8.22. The second-order valence-electron chi connectivity index (χ2n) is 6.54. The summed E-state index contributed by atoms with van der Waals surface area (Å²) in [7, 11) is 0. The van der Waals surface area contributed by atoms with E-state index in [0.717, 1.165) is 18.3 Å². The first-order valence-corrected chi connectivity index (χ1v) is 11.7. The van der Waals surface area contributed by atoms with Crippen molar-refractivity contribution in [3.05, 3.63) is 91.9 Å². The Labute approximate surface area is 203 Å². The molecule has 3 aromatic rings. The third-order valence-corrected chi connectivity index (χ3v) is 7.17. The number of thiazole rings is 1. The van der Waals surface area contributed by atoms with Crippen LogP contribution < -0.4 is 20.5 Å². The van der Waals surface area contributed by atoms with E-state index < -0.39 is 5.92 Å². The Morgan fingerprint density at radius 3 is 2.33 bits per heavy atom. The van der Waals surface area contributed by atoms with Gasteiger partial charge in [0.15, 0.2) is 0 Å². The Kier molecular flexibility index (Phi) is 5.82. The van der Waals surface area contributed by atoms with Crippen molar-refractivity contribution in [2.75, 3.05) is 0 Å². The molecule has 2 aromatic carbocycles. The predicted octanol–water partition coefficient (Wildman–Crippen LogP) is 3.07. The number of halogens is 2. The summed E-state index contributed by atoms with van der Waals surface area (Å²) in [5.74, 6) is -0.516. The van der Waals surface area contributed by atoms with Gasteiger partial charge in [-0.1, -0.05) is 24.3 Å². The first-order chi connectivity index (χ1) is 14.4. The highest BCUT2D eigenvalue weighted by atomic mass is 127. The van der Waals surface area contributed by atoms with Crippen LogP contribution in [0.3, 0.4) is 0 Å². The number of allylic oxidation sites excluding steroid dienone is 1. The Hall–Kier alpha value is -2.41. The summed E-state index contributed by atoms with van der Waals surface area (Å²) in [4.78, 5) is 13.1. The molecule has 146 valence electrons. The van der Waals surface area contributed by atoms with Crippen molar-refractivity contribution in [3.63, 3.8) is 0 Å². The monoisotopic (exact) mass is 634 g/mol. The minimum atomic E-state index is -0.599. The van der Waals surface area contributed by atoms with E-state index in [4.69, 9.17) is 5.73 Å². The summed E-state index contributed by atoms with van der Waals surface area (Å²) in [6, 6.07) is 19.7. The third-order valence-electron chi connectivity index (χ3n) is 4.72. The molecule has 0 saturated carbocycles. The van der Waals surface area contributed by atoms with Gasteiger partial charge in [-0.2, -0.15) is 10.5 Å². The molecule has 0 spiro atoms. The minimum absolute atomic E-state index is 0.0823. The number of rotatable bonds is 2. The molecule has 5 nitrogen and oxygen atoms in total. The van der Waals surface area contributed by atoms with Gasteiger partial charge in [-0.3, -0.25) is 9.36 Å². The van der Waals surface area contributed by atoms with Crippen molar-refractivity contribution in [1.29, 1.82) is 10.5 Å². The van der Waals surface area contributed by atoms with Gasteiger partial charge < -0.3 is 5.73 Å². The van der Waals surface area contributed by atoms with Crippen molar-refractivity contribution >= 4 is 74.0 Å². The number of hydrogen-bond donors (Lipinski definition) is 1. The lowest BCUT2D eigenvalue weighted by molar-refractivity contribution is 0.906. The first-order valence-electron chi connectivity index (χ1n) is 8.73. The molecule has 1 aliphatic rings. The molecule has 8 heteroatoms. The largest absolute Gasteiger partial charge is 0.384 e. The second-order valence-corrected chi connectivity index (χ2v) is 10.1. The van der Waals surface area contributed by atoms with Crippen LogP contribution in [0.1, 0.15) is 17.0 Å². The molecule has 30 heavy (non-hydrogen) atoms. The summed E-state index contributed by atoms with van der Waals surface area (Å²) >= 11 is 5.62. The number of aromatic nitrogens is 1. The van der Waals surface area contributed by atoms with Gasteiger partial charge >= 0.3 is 0 Å². The maximum absolute atomic E-state index is 13.1. The molecule has 1 aliphatic heterocycles. The van der Waals surface area contributed by atoms with Gasteiger partial charge in [0.25, 0.3) is 5.56 Å². The Bertz CT molecular complexity index is 1480. The van der Waals surface area contributed by atoms with Crippen molar-refractivity contribution in [3.8, 4) is 12.1 Å². The molecule has 0 aliphatic carbocycles. The number of nitriles is 2. The fraction of sp³-hybridized carbons (Fsp3) is 0.0455. The van der Waals surface area contributed by atoms with E-state index in [1.807, 2.05) is 48.5 Å². The van der Waals surface area contributed by atoms with Crippen LogP contribution in [0.25, 0.3) is 17.5 Å². The molecule has 1 aromatic heterocycles. The maximum atomic E-state index is 13.1. The third kappa shape index (κ3) is 3.60. The van der Waals surface area contributed by atoms with Crippen LogP contribution in [0.5, 0.6) is 0 Å². The summed E-state index contributed by atoms with van der Waals surface area (Å²) in [6.07, 6.45) is 1.79. The smallest absolute Gasteiger partial charge is 0.274 e. The second kappa shape index (κ2) is 8.38. The molecule has 1 atom stereocenters. The lowest BCUT2D eigenvalue weighted by Crippen LogP contribution is -2.38. The Morgan fingerprint density at radius 1 is 1.03 bits per heavy atom. The molecular weight excluding hydrogens is 622 g/mol. The standard InChI is InChI=1S/C22H12I2N4OS/c23-14-5-1-3-12(7-14)8-18-21(29)28-20(27)16(10-25)19(17(11-26)22(28)30-18)13-4-2-6-15(24)9-13/h1-9,19H,27H2/b18-8-/t19-/m1/s1. The normalized spacial score (nSPS) is 16.2. The SMILES string of the molecule is N#CC1=C(N)n2c(s/c(=C\c3cccc(I)c3)c2=O)=C(C#N)[C@@H]1c1cccc(I)c1. The average molecular weight is 634 g/mol. The summed E-state index contributed by atoms with van der Waals surface area (Å²) in [5, 5.41) is 19.8. The van der Waals surface area contributed by atoms with E-state index in [9.17, 15) is 15.3 Å². The zero-order valence-electron chi connectivity index (χ0n) is 15.3. The fourth-order valence-electron chi connectivity index (χ4n) is 3.42. The minimum Gasteiger partial charge on any atom is -0.384 e. The number of benzene rings is 2. The number of nitrogens with two attached hydrogens (primary N) is 1. The zero-order valence-corrected chi connectivity index (χ0v) is 20.4. The van der Waals surface area contributed by atoms with Gasteiger partial charge in [-0.25, -0.2) is 0 Å². The highest BCUT2D eigenvalue weighted by Crippen LogP contribution is 2.35. The van der Waals surface area contributed by atoms with E-state index in [0.29, 0.717) is 14.8 Å². The van der Waals surface area contributed by atoms with Crippen LogP contribution in [-0.4, -0.2) is 4.57 Å². The molecule has 0 radical (unpaired) electrons. The van der Waals surface area contributed by atoms with Crippen LogP contribution in [0, 0.1) is 29.8 Å². The summed E-state index contributed by atoms with van der Waals surface area (Å²) < 4.78 is 4.27. The van der Waals surface area contributed by atoms with Gasteiger partial charge in [-0.05, 0) is 86.7 Å². The van der Waals surface area contributed by atoms with E-state index >= 15 is 0 Å². The van der Waals surface area contributed by atoms with Crippen LogP contribution in [0.2, 0.25) is 0 Å². The quantitative estimate of drug-likeness (QED) is 0.439. The van der Waals surface area contributed by atoms with Crippen LogP contribution >= 0.6 is 56.5 Å². The van der Waals surface area contributed by atoms with Crippen LogP contribution in [0.4, 0.5) is 0 Å². The molecule has 2 heterocycles. The number of nitrogens with zero attached hydrogens (tertiary/aromatic N) is 3. The van der Waals surface area contributed by atoms with Gasteiger partial charge in [-0.15, -0.1) is 11.3 Å². The zero-order chi connectivity index (χ0) is 21.4. The van der Waals surface area contributed by atoms with Crippen molar-refractivity contribution in [2.24, 2.45) is 5.73 Å². The molecule has 4 rings (SSSR count). The number of hydrogen-bond acceptors (Lipinski definition) is 5. The average Bonchev–Trinajstić information content (AvgIpc) is 3.04. The van der Waals surface area contributed by atoms with Gasteiger partial charge in [0.05, 0.1) is 33.7 Å².